The van der Waals surface area contributed by atoms with E-state index in [9.17, 15) is 4.79 Å². The third-order valence-corrected chi connectivity index (χ3v) is 2.86. The first-order chi connectivity index (χ1) is 8.31. The number of rotatable bonds is 13. The summed E-state index contributed by atoms with van der Waals surface area (Å²) in [5.41, 5.74) is 0. The molecule has 3 heteroatoms. The second-order valence-corrected chi connectivity index (χ2v) is 4.50. The Hall–Kier alpha value is -0.410. The molecule has 0 saturated carbocycles. The van der Waals surface area contributed by atoms with Gasteiger partial charge in [0.15, 0.2) is 0 Å². The van der Waals surface area contributed by atoms with Crippen LogP contribution in [0.2, 0.25) is 0 Å². The van der Waals surface area contributed by atoms with E-state index in [0.717, 1.165) is 51.7 Å². The lowest BCUT2D eigenvalue weighted by Gasteiger charge is -2.02. The molecule has 0 aromatic heterocycles. The van der Waals surface area contributed by atoms with Gasteiger partial charge in [-0.25, -0.2) is 0 Å². The first-order valence-electron chi connectivity index (χ1n) is 6.81. The van der Waals surface area contributed by atoms with Gasteiger partial charge in [0.05, 0.1) is 0 Å². The zero-order chi connectivity index (χ0) is 12.8. The average Bonchev–Trinajstić information content (AvgIpc) is 2.33. The molecular formula is C14H28O3. The van der Waals surface area contributed by atoms with Crippen LogP contribution in [0.4, 0.5) is 0 Å². The topological polar surface area (TPSA) is 35.5 Å². The summed E-state index contributed by atoms with van der Waals surface area (Å²) in [4.78, 5) is 11.5. The van der Waals surface area contributed by atoms with Crippen molar-refractivity contribution >= 4 is 5.78 Å². The van der Waals surface area contributed by atoms with Crippen molar-refractivity contribution in [2.24, 2.45) is 0 Å². The highest BCUT2D eigenvalue weighted by molar-refractivity contribution is 5.78. The smallest absolute Gasteiger partial charge is 0.132 e. The van der Waals surface area contributed by atoms with Crippen molar-refractivity contribution in [3.63, 3.8) is 0 Å². The number of Topliss-reactive ketones (excluding diaryl/α,β-unsaturated/α-hetero) is 1. The quantitative estimate of drug-likeness (QED) is 0.466. The van der Waals surface area contributed by atoms with E-state index in [-0.39, 0.29) is 0 Å². The van der Waals surface area contributed by atoms with Crippen molar-refractivity contribution in [1.82, 2.24) is 0 Å². The average molecular weight is 244 g/mol. The summed E-state index contributed by atoms with van der Waals surface area (Å²) in [5.74, 6) is 0.415. The molecule has 0 amide bonds. The van der Waals surface area contributed by atoms with E-state index < -0.39 is 0 Å². The Morgan fingerprint density at radius 3 is 1.71 bits per heavy atom. The molecule has 0 heterocycles. The van der Waals surface area contributed by atoms with Gasteiger partial charge in [0.25, 0.3) is 0 Å². The minimum atomic E-state index is 0.415. The van der Waals surface area contributed by atoms with Crippen LogP contribution in [0.3, 0.4) is 0 Å². The molecule has 3 nitrogen and oxygen atoms in total. The summed E-state index contributed by atoms with van der Waals surface area (Å²) in [6.07, 6.45) is 9.27. The van der Waals surface area contributed by atoms with Gasteiger partial charge < -0.3 is 9.47 Å². The largest absolute Gasteiger partial charge is 0.385 e. The fraction of sp³-hybridized carbons (Fsp3) is 0.929. The lowest BCUT2D eigenvalue weighted by Crippen LogP contribution is -1.99. The van der Waals surface area contributed by atoms with E-state index in [1.54, 1.807) is 14.2 Å². The normalized spacial score (nSPS) is 10.7. The number of carbonyl (C=O) groups excluding carboxylic acids is 1. The summed E-state index contributed by atoms with van der Waals surface area (Å²) in [6.45, 7) is 1.63. The Morgan fingerprint density at radius 1 is 0.706 bits per heavy atom. The summed E-state index contributed by atoms with van der Waals surface area (Å²) < 4.78 is 9.93. The standard InChI is InChI=1S/C14H28O3/c1-16-12-8-5-3-4-6-10-14(15)11-7-9-13-17-2/h3-13H2,1-2H3. The minimum absolute atomic E-state index is 0.415. The third kappa shape index (κ3) is 13.5. The fourth-order valence-electron chi connectivity index (χ4n) is 1.79. The molecule has 0 rings (SSSR count). The maximum absolute atomic E-state index is 11.5. The molecule has 0 aromatic rings. The predicted octanol–water partition coefficient (Wildman–Crippen LogP) is 3.36. The van der Waals surface area contributed by atoms with Gasteiger partial charge in [-0.15, -0.1) is 0 Å². The Morgan fingerprint density at radius 2 is 1.12 bits per heavy atom. The first-order valence-corrected chi connectivity index (χ1v) is 6.81. The SMILES string of the molecule is COCCCCCCCC(=O)CCCCOC. The van der Waals surface area contributed by atoms with Crippen LogP contribution in [0.5, 0.6) is 0 Å². The van der Waals surface area contributed by atoms with Crippen molar-refractivity contribution in [3.8, 4) is 0 Å². The van der Waals surface area contributed by atoms with Crippen molar-refractivity contribution in [3.05, 3.63) is 0 Å². The van der Waals surface area contributed by atoms with Gasteiger partial charge in [-0.1, -0.05) is 19.3 Å². The van der Waals surface area contributed by atoms with Crippen molar-refractivity contribution in [1.29, 1.82) is 0 Å². The zero-order valence-corrected chi connectivity index (χ0v) is 11.5. The number of hydrogen-bond acceptors (Lipinski definition) is 3. The highest BCUT2D eigenvalue weighted by Gasteiger charge is 2.01. The fourth-order valence-corrected chi connectivity index (χ4v) is 1.79. The molecule has 0 aromatic carbocycles. The lowest BCUT2D eigenvalue weighted by atomic mass is 10.1. The van der Waals surface area contributed by atoms with Gasteiger partial charge in [-0.3, -0.25) is 4.79 Å². The van der Waals surface area contributed by atoms with E-state index >= 15 is 0 Å². The molecule has 0 aliphatic carbocycles. The summed E-state index contributed by atoms with van der Waals surface area (Å²) in [7, 11) is 3.44. The molecule has 0 saturated heterocycles. The van der Waals surface area contributed by atoms with Crippen molar-refractivity contribution in [2.45, 2.75) is 57.8 Å². The van der Waals surface area contributed by atoms with Gasteiger partial charge in [0.1, 0.15) is 5.78 Å². The van der Waals surface area contributed by atoms with E-state index in [1.807, 2.05) is 0 Å². The Balaban J connectivity index is 3.11. The second kappa shape index (κ2) is 13.7. The summed E-state index contributed by atoms with van der Waals surface area (Å²) >= 11 is 0. The Kier molecular flexibility index (Phi) is 13.3. The summed E-state index contributed by atoms with van der Waals surface area (Å²) in [6, 6.07) is 0. The van der Waals surface area contributed by atoms with Crippen LogP contribution in [0.15, 0.2) is 0 Å². The van der Waals surface area contributed by atoms with Crippen LogP contribution in [-0.4, -0.2) is 33.2 Å². The number of methoxy groups -OCH3 is 2. The van der Waals surface area contributed by atoms with Gasteiger partial charge in [0.2, 0.25) is 0 Å². The van der Waals surface area contributed by atoms with Gasteiger partial charge >= 0.3 is 0 Å². The third-order valence-electron chi connectivity index (χ3n) is 2.86. The molecule has 0 aliphatic heterocycles. The molecule has 0 fully saturated rings. The maximum atomic E-state index is 11.5. The molecular weight excluding hydrogens is 216 g/mol. The number of ketones is 1. The number of hydrogen-bond donors (Lipinski definition) is 0. The molecule has 0 aliphatic rings. The van der Waals surface area contributed by atoms with E-state index in [2.05, 4.69) is 0 Å². The molecule has 0 spiro atoms. The highest BCUT2D eigenvalue weighted by atomic mass is 16.5. The molecule has 102 valence electrons. The molecule has 0 atom stereocenters. The Bertz CT molecular complexity index is 169. The van der Waals surface area contributed by atoms with E-state index in [0.29, 0.717) is 5.78 Å². The van der Waals surface area contributed by atoms with Crippen LogP contribution in [0.25, 0.3) is 0 Å². The summed E-state index contributed by atoms with van der Waals surface area (Å²) in [5, 5.41) is 0. The van der Waals surface area contributed by atoms with Gasteiger partial charge in [-0.05, 0) is 25.7 Å². The van der Waals surface area contributed by atoms with E-state index in [1.165, 1.54) is 19.3 Å². The number of ether oxygens (including phenoxy) is 2. The molecule has 17 heavy (non-hydrogen) atoms. The molecule has 0 unspecified atom stereocenters. The van der Waals surface area contributed by atoms with Crippen molar-refractivity contribution in [2.75, 3.05) is 27.4 Å². The number of unbranched alkanes of at least 4 members (excludes halogenated alkanes) is 5. The lowest BCUT2D eigenvalue weighted by molar-refractivity contribution is -0.119. The van der Waals surface area contributed by atoms with Gasteiger partial charge in [0, 0.05) is 40.3 Å². The molecule has 0 N–H and O–H groups in total. The molecule has 0 bridgehead atoms. The second-order valence-electron chi connectivity index (χ2n) is 4.50. The zero-order valence-electron chi connectivity index (χ0n) is 11.5. The minimum Gasteiger partial charge on any atom is -0.385 e. The predicted molar refractivity (Wildman–Crippen MR) is 70.3 cm³/mol. The number of carbonyl (C=O) groups is 1. The Labute approximate surface area is 106 Å². The van der Waals surface area contributed by atoms with Crippen LogP contribution in [0.1, 0.15) is 57.8 Å². The van der Waals surface area contributed by atoms with Gasteiger partial charge in [-0.2, -0.15) is 0 Å². The van der Waals surface area contributed by atoms with Crippen LogP contribution >= 0.6 is 0 Å². The van der Waals surface area contributed by atoms with Crippen LogP contribution in [-0.2, 0) is 14.3 Å². The maximum Gasteiger partial charge on any atom is 0.132 e. The highest BCUT2D eigenvalue weighted by Crippen LogP contribution is 2.08. The van der Waals surface area contributed by atoms with Crippen LogP contribution in [0, 0.1) is 0 Å². The van der Waals surface area contributed by atoms with E-state index in [4.69, 9.17) is 9.47 Å². The first kappa shape index (κ1) is 16.6. The molecule has 0 radical (unpaired) electrons. The monoisotopic (exact) mass is 244 g/mol. The van der Waals surface area contributed by atoms with Crippen LogP contribution < -0.4 is 0 Å². The van der Waals surface area contributed by atoms with Crippen molar-refractivity contribution < 1.29 is 14.3 Å².